The van der Waals surface area contributed by atoms with E-state index in [4.69, 9.17) is 4.74 Å². The van der Waals surface area contributed by atoms with Crippen LogP contribution in [0.2, 0.25) is 0 Å². The van der Waals surface area contributed by atoms with E-state index in [9.17, 15) is 4.79 Å². The second kappa shape index (κ2) is 7.29. The molecule has 2 rings (SSSR count). The molecule has 0 saturated heterocycles. The van der Waals surface area contributed by atoms with Crippen LogP contribution < -0.4 is 5.32 Å². The lowest BCUT2D eigenvalue weighted by molar-refractivity contribution is -0.123. The fourth-order valence-corrected chi connectivity index (χ4v) is 2.56. The summed E-state index contributed by atoms with van der Waals surface area (Å²) in [6, 6.07) is 7.92. The number of anilines is 1. The summed E-state index contributed by atoms with van der Waals surface area (Å²) in [5, 5.41) is 2.94. The minimum atomic E-state index is -0.0496. The van der Waals surface area contributed by atoms with Gasteiger partial charge in [-0.15, -0.1) is 0 Å². The van der Waals surface area contributed by atoms with Crippen LogP contribution in [-0.4, -0.2) is 18.6 Å². The fourth-order valence-electron chi connectivity index (χ4n) is 2.56. The molecule has 0 spiro atoms. The largest absolute Gasteiger partial charge is 0.368 e. The zero-order valence-corrected chi connectivity index (χ0v) is 11.7. The highest BCUT2D eigenvalue weighted by Gasteiger charge is 2.15. The number of carbonyl (C=O) groups is 1. The van der Waals surface area contributed by atoms with Gasteiger partial charge in [-0.25, -0.2) is 0 Å². The van der Waals surface area contributed by atoms with Gasteiger partial charge in [0.1, 0.15) is 6.61 Å². The minimum absolute atomic E-state index is 0.0496. The lowest BCUT2D eigenvalue weighted by atomic mass is 9.98. The molecule has 1 aliphatic rings. The van der Waals surface area contributed by atoms with Gasteiger partial charge in [-0.05, 0) is 30.9 Å². The van der Waals surface area contributed by atoms with Crippen LogP contribution in [0.4, 0.5) is 5.69 Å². The zero-order valence-electron chi connectivity index (χ0n) is 11.7. The smallest absolute Gasteiger partial charge is 0.250 e. The van der Waals surface area contributed by atoms with Crippen molar-refractivity contribution in [2.75, 3.05) is 11.9 Å². The number of carbonyl (C=O) groups excluding carboxylic acids is 1. The van der Waals surface area contributed by atoms with Gasteiger partial charge in [0.2, 0.25) is 5.91 Å². The number of ether oxygens (including phenoxy) is 1. The van der Waals surface area contributed by atoms with Crippen LogP contribution in [0.25, 0.3) is 0 Å². The molecule has 3 nitrogen and oxygen atoms in total. The molecular weight excluding hydrogens is 238 g/mol. The van der Waals surface area contributed by atoms with Crippen molar-refractivity contribution in [1.29, 1.82) is 0 Å². The molecule has 0 atom stereocenters. The Labute approximate surface area is 115 Å². The third-order valence-corrected chi connectivity index (χ3v) is 3.67. The fraction of sp³-hybridized carbons (Fsp3) is 0.562. The molecule has 1 amide bonds. The topological polar surface area (TPSA) is 38.3 Å². The van der Waals surface area contributed by atoms with Crippen molar-refractivity contribution in [3.05, 3.63) is 29.8 Å². The van der Waals surface area contributed by atoms with E-state index in [1.165, 1.54) is 19.3 Å². The Morgan fingerprint density at radius 3 is 2.74 bits per heavy atom. The van der Waals surface area contributed by atoms with Crippen LogP contribution in [0.5, 0.6) is 0 Å². The van der Waals surface area contributed by atoms with Crippen LogP contribution in [-0.2, 0) is 16.0 Å². The molecule has 1 aromatic rings. The number of amides is 1. The summed E-state index contributed by atoms with van der Waals surface area (Å²) in [6.07, 6.45) is 7.14. The van der Waals surface area contributed by atoms with Gasteiger partial charge in [0, 0.05) is 5.69 Å². The number of benzene rings is 1. The first kappa shape index (κ1) is 14.1. The van der Waals surface area contributed by atoms with Crippen molar-refractivity contribution in [2.24, 2.45) is 0 Å². The first-order valence-corrected chi connectivity index (χ1v) is 7.29. The average molecular weight is 261 g/mol. The van der Waals surface area contributed by atoms with Crippen LogP contribution in [0.15, 0.2) is 24.3 Å². The molecular formula is C16H23NO2. The molecule has 0 heterocycles. The van der Waals surface area contributed by atoms with Gasteiger partial charge in [-0.1, -0.05) is 44.4 Å². The number of nitrogens with one attached hydrogen (secondary N) is 1. The van der Waals surface area contributed by atoms with Gasteiger partial charge < -0.3 is 10.1 Å². The summed E-state index contributed by atoms with van der Waals surface area (Å²) < 4.78 is 5.68. The van der Waals surface area contributed by atoms with Gasteiger partial charge in [-0.3, -0.25) is 4.79 Å². The van der Waals surface area contributed by atoms with E-state index >= 15 is 0 Å². The van der Waals surface area contributed by atoms with Crippen molar-refractivity contribution in [1.82, 2.24) is 0 Å². The third kappa shape index (κ3) is 4.35. The first-order chi connectivity index (χ1) is 9.29. The first-order valence-electron chi connectivity index (χ1n) is 7.29. The lowest BCUT2D eigenvalue weighted by Crippen LogP contribution is -2.25. The molecule has 1 fully saturated rings. The highest BCUT2D eigenvalue weighted by atomic mass is 16.5. The lowest BCUT2D eigenvalue weighted by Gasteiger charge is -2.21. The van der Waals surface area contributed by atoms with Gasteiger partial charge in [0.05, 0.1) is 6.10 Å². The molecule has 1 saturated carbocycles. The summed E-state index contributed by atoms with van der Waals surface area (Å²) >= 11 is 0. The van der Waals surface area contributed by atoms with Gasteiger partial charge in [-0.2, -0.15) is 0 Å². The number of aryl methyl sites for hydroxylation is 1. The van der Waals surface area contributed by atoms with Gasteiger partial charge >= 0.3 is 0 Å². The molecule has 104 valence electrons. The summed E-state index contributed by atoms with van der Waals surface area (Å²) in [5.41, 5.74) is 2.07. The summed E-state index contributed by atoms with van der Waals surface area (Å²) in [5.74, 6) is -0.0496. The van der Waals surface area contributed by atoms with E-state index in [0.717, 1.165) is 30.5 Å². The summed E-state index contributed by atoms with van der Waals surface area (Å²) in [7, 11) is 0. The predicted molar refractivity (Wildman–Crippen MR) is 77.3 cm³/mol. The van der Waals surface area contributed by atoms with Crippen molar-refractivity contribution in [3.8, 4) is 0 Å². The molecule has 0 bridgehead atoms. The standard InChI is InChI=1S/C16H23NO2/c1-2-13-8-6-7-11-15(13)17-16(18)12-19-14-9-4-3-5-10-14/h6-8,11,14H,2-5,9-10,12H2,1H3,(H,17,18). The summed E-state index contributed by atoms with van der Waals surface area (Å²) in [6.45, 7) is 2.26. The molecule has 1 aromatic carbocycles. The van der Waals surface area contributed by atoms with Crippen LogP contribution in [0.1, 0.15) is 44.6 Å². The van der Waals surface area contributed by atoms with E-state index in [1.807, 2.05) is 24.3 Å². The van der Waals surface area contributed by atoms with Crippen LogP contribution >= 0.6 is 0 Å². The number of rotatable bonds is 5. The van der Waals surface area contributed by atoms with E-state index in [-0.39, 0.29) is 18.6 Å². The van der Waals surface area contributed by atoms with Crippen molar-refractivity contribution >= 4 is 11.6 Å². The van der Waals surface area contributed by atoms with E-state index in [0.29, 0.717) is 0 Å². The van der Waals surface area contributed by atoms with Gasteiger partial charge in [0.25, 0.3) is 0 Å². The highest BCUT2D eigenvalue weighted by Crippen LogP contribution is 2.20. The van der Waals surface area contributed by atoms with Crippen LogP contribution in [0, 0.1) is 0 Å². The molecule has 1 N–H and O–H groups in total. The Hall–Kier alpha value is -1.35. The SMILES string of the molecule is CCc1ccccc1NC(=O)COC1CCCCC1. The van der Waals surface area contributed by atoms with Crippen LogP contribution in [0.3, 0.4) is 0 Å². The number of hydrogen-bond donors (Lipinski definition) is 1. The third-order valence-electron chi connectivity index (χ3n) is 3.67. The molecule has 0 aromatic heterocycles. The zero-order chi connectivity index (χ0) is 13.5. The second-order valence-electron chi connectivity index (χ2n) is 5.13. The van der Waals surface area contributed by atoms with Crippen molar-refractivity contribution < 1.29 is 9.53 Å². The normalized spacial score (nSPS) is 16.3. The quantitative estimate of drug-likeness (QED) is 0.880. The Bertz CT molecular complexity index is 411. The predicted octanol–water partition coefficient (Wildman–Crippen LogP) is 3.54. The number of hydrogen-bond acceptors (Lipinski definition) is 2. The molecule has 1 aliphatic carbocycles. The van der Waals surface area contributed by atoms with E-state index < -0.39 is 0 Å². The molecule has 0 unspecified atom stereocenters. The summed E-state index contributed by atoms with van der Waals surface area (Å²) in [4.78, 5) is 11.9. The molecule has 19 heavy (non-hydrogen) atoms. The minimum Gasteiger partial charge on any atom is -0.368 e. The van der Waals surface area contributed by atoms with E-state index in [1.54, 1.807) is 0 Å². The maximum Gasteiger partial charge on any atom is 0.250 e. The number of para-hydroxylation sites is 1. The van der Waals surface area contributed by atoms with Gasteiger partial charge in [0.15, 0.2) is 0 Å². The highest BCUT2D eigenvalue weighted by molar-refractivity contribution is 5.92. The van der Waals surface area contributed by atoms with Crippen molar-refractivity contribution in [3.63, 3.8) is 0 Å². The molecule has 0 radical (unpaired) electrons. The second-order valence-corrected chi connectivity index (χ2v) is 5.13. The average Bonchev–Trinajstić information content (AvgIpc) is 2.47. The Morgan fingerprint density at radius 2 is 2.00 bits per heavy atom. The maximum absolute atomic E-state index is 11.9. The molecule has 0 aliphatic heterocycles. The monoisotopic (exact) mass is 261 g/mol. The molecule has 3 heteroatoms. The van der Waals surface area contributed by atoms with E-state index in [2.05, 4.69) is 12.2 Å². The Kier molecular flexibility index (Phi) is 5.40. The van der Waals surface area contributed by atoms with Crippen molar-refractivity contribution in [2.45, 2.75) is 51.6 Å². The maximum atomic E-state index is 11.9. The Balaban J connectivity index is 1.80. The Morgan fingerprint density at radius 1 is 1.26 bits per heavy atom.